The summed E-state index contributed by atoms with van der Waals surface area (Å²) in [7, 11) is 0. The standard InChI is InChI=1S/C24H28N4O3S/c1-3-28(4-2)24(30)16-10-12-17(13-11-16)27-20(29)14-31-22-21-18-8-6-5-7-9-19(18)32-23(21)26-15-25-22/h10-13,15H,3-9,14H2,1-2H3,(H,27,29). The van der Waals surface area contributed by atoms with E-state index >= 15 is 0 Å². The Morgan fingerprint density at radius 1 is 1.06 bits per heavy atom. The number of fused-ring (bicyclic) bond motifs is 3. The van der Waals surface area contributed by atoms with E-state index < -0.39 is 0 Å². The highest BCUT2D eigenvalue weighted by Crippen LogP contribution is 2.38. The summed E-state index contributed by atoms with van der Waals surface area (Å²) in [5.41, 5.74) is 2.50. The summed E-state index contributed by atoms with van der Waals surface area (Å²) in [4.78, 5) is 37.7. The molecule has 7 nitrogen and oxygen atoms in total. The molecule has 8 heteroatoms. The van der Waals surface area contributed by atoms with Crippen molar-refractivity contribution in [1.29, 1.82) is 0 Å². The molecule has 3 aromatic rings. The first-order chi connectivity index (χ1) is 15.6. The van der Waals surface area contributed by atoms with Gasteiger partial charge < -0.3 is 15.0 Å². The van der Waals surface area contributed by atoms with Gasteiger partial charge in [0.1, 0.15) is 11.2 Å². The Morgan fingerprint density at radius 2 is 1.81 bits per heavy atom. The highest BCUT2D eigenvalue weighted by atomic mass is 32.1. The van der Waals surface area contributed by atoms with Crippen LogP contribution in [0.5, 0.6) is 5.88 Å². The van der Waals surface area contributed by atoms with Gasteiger partial charge in [0.05, 0.1) is 5.39 Å². The Morgan fingerprint density at radius 3 is 2.56 bits per heavy atom. The number of carbonyl (C=O) groups is 2. The van der Waals surface area contributed by atoms with E-state index in [1.165, 1.54) is 29.6 Å². The van der Waals surface area contributed by atoms with Crippen molar-refractivity contribution in [3.05, 3.63) is 46.6 Å². The van der Waals surface area contributed by atoms with Crippen LogP contribution in [0.15, 0.2) is 30.6 Å². The molecule has 1 aliphatic carbocycles. The van der Waals surface area contributed by atoms with Crippen LogP contribution in [-0.4, -0.2) is 46.4 Å². The summed E-state index contributed by atoms with van der Waals surface area (Å²) < 4.78 is 5.82. The smallest absolute Gasteiger partial charge is 0.262 e. The van der Waals surface area contributed by atoms with Crippen LogP contribution in [-0.2, 0) is 17.6 Å². The van der Waals surface area contributed by atoms with Crippen molar-refractivity contribution >= 4 is 39.1 Å². The van der Waals surface area contributed by atoms with Gasteiger partial charge in [-0.25, -0.2) is 9.97 Å². The molecule has 1 aliphatic rings. The number of carbonyl (C=O) groups excluding carboxylic acids is 2. The molecule has 4 rings (SSSR count). The first kappa shape index (κ1) is 22.2. The lowest BCUT2D eigenvalue weighted by Crippen LogP contribution is -2.30. The highest BCUT2D eigenvalue weighted by molar-refractivity contribution is 7.18. The molecular formula is C24H28N4O3S. The van der Waals surface area contributed by atoms with Crippen LogP contribution < -0.4 is 10.1 Å². The number of aromatic nitrogens is 2. The minimum atomic E-state index is -0.277. The Hall–Kier alpha value is -3.00. The van der Waals surface area contributed by atoms with Crippen molar-refractivity contribution in [3.63, 3.8) is 0 Å². The average Bonchev–Trinajstić information content (AvgIpc) is 3.00. The van der Waals surface area contributed by atoms with Crippen LogP contribution in [0.4, 0.5) is 5.69 Å². The van der Waals surface area contributed by atoms with Crippen LogP contribution in [0, 0.1) is 0 Å². The van der Waals surface area contributed by atoms with Crippen LogP contribution in [0.1, 0.15) is 53.9 Å². The highest BCUT2D eigenvalue weighted by Gasteiger charge is 2.20. The zero-order valence-corrected chi connectivity index (χ0v) is 19.3. The Balaban J connectivity index is 1.41. The van der Waals surface area contributed by atoms with Crippen molar-refractivity contribution < 1.29 is 14.3 Å². The molecule has 0 spiro atoms. The Kier molecular flexibility index (Phi) is 6.99. The number of anilines is 1. The topological polar surface area (TPSA) is 84.4 Å². The maximum Gasteiger partial charge on any atom is 0.262 e. The predicted octanol–water partition coefficient (Wildman–Crippen LogP) is 4.46. The Labute approximate surface area is 191 Å². The van der Waals surface area contributed by atoms with Gasteiger partial charge in [-0.1, -0.05) is 6.42 Å². The SMILES string of the molecule is CCN(CC)C(=O)c1ccc(NC(=O)COc2ncnc3sc4c(c23)CCCCC4)cc1. The normalized spacial score (nSPS) is 13.3. The number of hydrogen-bond acceptors (Lipinski definition) is 6. The molecule has 1 N–H and O–H groups in total. The van der Waals surface area contributed by atoms with E-state index in [1.54, 1.807) is 40.5 Å². The molecule has 0 atom stereocenters. The van der Waals surface area contributed by atoms with Gasteiger partial charge in [0.25, 0.3) is 11.8 Å². The number of aryl methyl sites for hydroxylation is 2. The maximum absolute atomic E-state index is 12.5. The van der Waals surface area contributed by atoms with Gasteiger partial charge in [0, 0.05) is 29.2 Å². The van der Waals surface area contributed by atoms with Gasteiger partial charge in [-0.05, 0) is 69.4 Å². The molecule has 168 valence electrons. The van der Waals surface area contributed by atoms with Gasteiger partial charge in [-0.15, -0.1) is 11.3 Å². The van der Waals surface area contributed by atoms with Crippen LogP contribution in [0.25, 0.3) is 10.2 Å². The third-order valence-corrected chi connectivity index (χ3v) is 6.97. The van der Waals surface area contributed by atoms with Gasteiger partial charge in [-0.3, -0.25) is 9.59 Å². The molecule has 0 fully saturated rings. The summed E-state index contributed by atoms with van der Waals surface area (Å²) in [5, 5.41) is 3.78. The zero-order chi connectivity index (χ0) is 22.5. The van der Waals surface area contributed by atoms with E-state index in [9.17, 15) is 9.59 Å². The fourth-order valence-corrected chi connectivity index (χ4v) is 5.29. The summed E-state index contributed by atoms with van der Waals surface area (Å²) in [6.45, 7) is 5.09. The number of benzene rings is 1. The second-order valence-corrected chi connectivity index (χ2v) is 8.90. The largest absolute Gasteiger partial charge is 0.467 e. The number of ether oxygens (including phenoxy) is 1. The van der Waals surface area contributed by atoms with E-state index in [1.807, 2.05) is 13.8 Å². The third-order valence-electron chi connectivity index (χ3n) is 5.77. The second kappa shape index (κ2) is 10.1. The average molecular weight is 453 g/mol. The van der Waals surface area contributed by atoms with Gasteiger partial charge >= 0.3 is 0 Å². The minimum absolute atomic E-state index is 0.0149. The number of hydrogen-bond donors (Lipinski definition) is 1. The molecule has 32 heavy (non-hydrogen) atoms. The molecule has 0 aliphatic heterocycles. The monoisotopic (exact) mass is 452 g/mol. The van der Waals surface area contributed by atoms with Crippen LogP contribution in [0.2, 0.25) is 0 Å². The molecule has 0 saturated heterocycles. The summed E-state index contributed by atoms with van der Waals surface area (Å²) in [6.07, 6.45) is 7.16. The number of thiophene rings is 1. The van der Waals surface area contributed by atoms with Crippen molar-refractivity contribution in [2.45, 2.75) is 46.0 Å². The quantitative estimate of drug-likeness (QED) is 0.535. The van der Waals surface area contributed by atoms with Crippen molar-refractivity contribution in [3.8, 4) is 5.88 Å². The Bertz CT molecular complexity index is 1110. The molecular weight excluding hydrogens is 424 g/mol. The fourth-order valence-electron chi connectivity index (χ4n) is 4.07. The van der Waals surface area contributed by atoms with Gasteiger partial charge in [0.2, 0.25) is 5.88 Å². The summed E-state index contributed by atoms with van der Waals surface area (Å²) in [5.74, 6) is 0.185. The van der Waals surface area contributed by atoms with Crippen LogP contribution in [0.3, 0.4) is 0 Å². The molecule has 0 radical (unpaired) electrons. The second-order valence-electron chi connectivity index (χ2n) is 7.82. The molecule has 0 saturated carbocycles. The molecule has 2 heterocycles. The van der Waals surface area contributed by atoms with E-state index in [4.69, 9.17) is 4.74 Å². The number of amides is 2. The van der Waals surface area contributed by atoms with E-state index in [2.05, 4.69) is 15.3 Å². The van der Waals surface area contributed by atoms with E-state index in [0.29, 0.717) is 30.2 Å². The fraction of sp³-hybridized carbons (Fsp3) is 0.417. The lowest BCUT2D eigenvalue weighted by molar-refractivity contribution is -0.118. The zero-order valence-electron chi connectivity index (χ0n) is 18.5. The number of rotatable bonds is 7. The first-order valence-electron chi connectivity index (χ1n) is 11.2. The van der Waals surface area contributed by atoms with Crippen LogP contribution >= 0.6 is 11.3 Å². The van der Waals surface area contributed by atoms with Gasteiger partial charge in [-0.2, -0.15) is 0 Å². The maximum atomic E-state index is 12.5. The molecule has 2 amide bonds. The van der Waals surface area contributed by atoms with E-state index in [-0.39, 0.29) is 18.4 Å². The molecule has 2 aromatic heterocycles. The first-order valence-corrected chi connectivity index (χ1v) is 12.0. The third kappa shape index (κ3) is 4.75. The van der Waals surface area contributed by atoms with Crippen molar-refractivity contribution in [2.24, 2.45) is 0 Å². The minimum Gasteiger partial charge on any atom is -0.467 e. The number of nitrogens with zero attached hydrogens (tertiary/aromatic N) is 3. The molecule has 1 aromatic carbocycles. The predicted molar refractivity (Wildman–Crippen MR) is 126 cm³/mol. The van der Waals surface area contributed by atoms with Crippen molar-refractivity contribution in [2.75, 3.05) is 25.0 Å². The van der Waals surface area contributed by atoms with Crippen molar-refractivity contribution in [1.82, 2.24) is 14.9 Å². The summed E-state index contributed by atoms with van der Waals surface area (Å²) >= 11 is 1.71. The lowest BCUT2D eigenvalue weighted by atomic mass is 10.1. The molecule has 0 unspecified atom stereocenters. The lowest BCUT2D eigenvalue weighted by Gasteiger charge is -2.18. The van der Waals surface area contributed by atoms with Gasteiger partial charge in [0.15, 0.2) is 6.61 Å². The summed E-state index contributed by atoms with van der Waals surface area (Å²) in [6, 6.07) is 6.92. The molecule has 0 bridgehead atoms. The number of nitrogens with one attached hydrogen (secondary N) is 1. The van der Waals surface area contributed by atoms with E-state index in [0.717, 1.165) is 29.5 Å².